The van der Waals surface area contributed by atoms with Crippen LogP contribution in [0.2, 0.25) is 0 Å². The molecule has 1 aromatic carbocycles. The quantitative estimate of drug-likeness (QED) is 0.865. The van der Waals surface area contributed by atoms with Gasteiger partial charge in [0.2, 0.25) is 5.91 Å². The fraction of sp³-hybridized carbons (Fsp3) is 0.500. The molecular weight excluding hydrogens is 244 g/mol. The Morgan fingerprint density at radius 1 is 1.37 bits per heavy atom. The largest absolute Gasteiger partial charge is 0.490 e. The third-order valence-corrected chi connectivity index (χ3v) is 3.62. The number of carbonyl (C=O) groups excluding carboxylic acids is 1. The molecule has 0 saturated carbocycles. The van der Waals surface area contributed by atoms with Gasteiger partial charge < -0.3 is 20.1 Å². The Labute approximate surface area is 112 Å². The zero-order chi connectivity index (χ0) is 13.2. The Balaban J connectivity index is 1.75. The maximum atomic E-state index is 11.7. The molecule has 1 saturated heterocycles. The van der Waals surface area contributed by atoms with Crippen LogP contribution >= 0.6 is 0 Å². The summed E-state index contributed by atoms with van der Waals surface area (Å²) in [6.07, 6.45) is 2.05. The minimum atomic E-state index is -0.257. The Morgan fingerprint density at radius 3 is 2.89 bits per heavy atom. The van der Waals surface area contributed by atoms with Gasteiger partial charge in [0.05, 0.1) is 13.2 Å². The van der Waals surface area contributed by atoms with Crippen LogP contribution < -0.4 is 15.4 Å². The topological polar surface area (TPSA) is 59.6 Å². The number of anilines is 1. The van der Waals surface area contributed by atoms with Crippen LogP contribution in [-0.4, -0.2) is 32.3 Å². The predicted octanol–water partition coefficient (Wildman–Crippen LogP) is 1.46. The number of ether oxygens (including phenoxy) is 2. The van der Waals surface area contributed by atoms with Gasteiger partial charge in [-0.1, -0.05) is 6.07 Å². The van der Waals surface area contributed by atoms with E-state index in [4.69, 9.17) is 9.47 Å². The predicted molar refractivity (Wildman–Crippen MR) is 71.3 cm³/mol. The minimum Gasteiger partial charge on any atom is -0.490 e. The summed E-state index contributed by atoms with van der Waals surface area (Å²) in [5.41, 5.74) is 1.82. The Kier molecular flexibility index (Phi) is 3.40. The summed E-state index contributed by atoms with van der Waals surface area (Å²) >= 11 is 0. The van der Waals surface area contributed by atoms with Crippen molar-refractivity contribution in [2.75, 3.05) is 25.6 Å². The van der Waals surface area contributed by atoms with E-state index < -0.39 is 0 Å². The van der Waals surface area contributed by atoms with Crippen molar-refractivity contribution in [3.63, 3.8) is 0 Å². The van der Waals surface area contributed by atoms with Crippen molar-refractivity contribution in [2.24, 2.45) is 0 Å². The van der Waals surface area contributed by atoms with E-state index in [1.54, 1.807) is 7.05 Å². The van der Waals surface area contributed by atoms with E-state index in [0.717, 1.165) is 43.1 Å². The Hall–Kier alpha value is -1.59. The summed E-state index contributed by atoms with van der Waals surface area (Å²) in [6.45, 7) is 1.52. The van der Waals surface area contributed by atoms with E-state index in [1.807, 2.05) is 18.2 Å². The first-order valence-corrected chi connectivity index (χ1v) is 6.64. The third-order valence-electron chi connectivity index (χ3n) is 3.62. The Bertz CT molecular complexity index is 484. The van der Waals surface area contributed by atoms with E-state index in [2.05, 4.69) is 10.6 Å². The number of carbonyl (C=O) groups is 1. The molecule has 0 spiro atoms. The zero-order valence-corrected chi connectivity index (χ0v) is 10.9. The van der Waals surface area contributed by atoms with Crippen molar-refractivity contribution in [1.82, 2.24) is 5.32 Å². The zero-order valence-electron chi connectivity index (χ0n) is 10.9. The molecule has 0 bridgehead atoms. The molecule has 19 heavy (non-hydrogen) atoms. The first-order valence-electron chi connectivity index (χ1n) is 6.64. The van der Waals surface area contributed by atoms with Gasteiger partial charge >= 0.3 is 0 Å². The van der Waals surface area contributed by atoms with Crippen molar-refractivity contribution >= 4 is 11.6 Å². The summed E-state index contributed by atoms with van der Waals surface area (Å²) in [5, 5.41) is 5.87. The fourth-order valence-electron chi connectivity index (χ4n) is 2.59. The van der Waals surface area contributed by atoms with Crippen LogP contribution in [0, 0.1) is 0 Å². The molecular formula is C14H18N2O3. The molecule has 0 aliphatic carbocycles. The molecule has 0 aromatic heterocycles. The van der Waals surface area contributed by atoms with Gasteiger partial charge in [0.1, 0.15) is 17.9 Å². The van der Waals surface area contributed by atoms with E-state index in [1.165, 1.54) is 0 Å². The number of likely N-dealkylation sites (N-methyl/N-ethyl adjacent to an activating group) is 1. The van der Waals surface area contributed by atoms with E-state index >= 15 is 0 Å². The fourth-order valence-corrected chi connectivity index (χ4v) is 2.59. The summed E-state index contributed by atoms with van der Waals surface area (Å²) in [4.78, 5) is 11.7. The first-order chi connectivity index (χ1) is 9.28. The summed E-state index contributed by atoms with van der Waals surface area (Å²) in [6, 6.07) is 5.52. The van der Waals surface area contributed by atoms with Gasteiger partial charge in [0.25, 0.3) is 0 Å². The molecule has 3 rings (SSSR count). The van der Waals surface area contributed by atoms with Gasteiger partial charge in [-0.3, -0.25) is 4.79 Å². The lowest BCUT2D eigenvalue weighted by Gasteiger charge is -2.23. The van der Waals surface area contributed by atoms with Crippen LogP contribution in [0.15, 0.2) is 18.2 Å². The summed E-state index contributed by atoms with van der Waals surface area (Å²) in [5.74, 6) is 0.795. The molecule has 1 aromatic rings. The highest BCUT2D eigenvalue weighted by Gasteiger charge is 2.29. The van der Waals surface area contributed by atoms with Gasteiger partial charge in [-0.05, 0) is 13.1 Å². The molecule has 1 unspecified atom stereocenters. The van der Waals surface area contributed by atoms with Crippen molar-refractivity contribution < 1.29 is 14.3 Å². The molecule has 1 amide bonds. The number of nitrogens with one attached hydrogen (secondary N) is 2. The van der Waals surface area contributed by atoms with Gasteiger partial charge in [0, 0.05) is 30.2 Å². The van der Waals surface area contributed by atoms with Crippen LogP contribution in [0.3, 0.4) is 0 Å². The summed E-state index contributed by atoms with van der Waals surface area (Å²) in [7, 11) is 1.78. The molecule has 1 atom stereocenters. The number of hydrogen-bond acceptors (Lipinski definition) is 4. The lowest BCUT2D eigenvalue weighted by atomic mass is 10.1. The maximum absolute atomic E-state index is 11.7. The number of benzene rings is 1. The van der Waals surface area contributed by atoms with Crippen LogP contribution in [-0.2, 0) is 9.53 Å². The molecule has 2 N–H and O–H groups in total. The van der Waals surface area contributed by atoms with Crippen LogP contribution in [0.5, 0.6) is 5.75 Å². The van der Waals surface area contributed by atoms with Crippen molar-refractivity contribution in [1.29, 1.82) is 0 Å². The monoisotopic (exact) mass is 262 g/mol. The van der Waals surface area contributed by atoms with Gasteiger partial charge in [-0.25, -0.2) is 0 Å². The normalized spacial score (nSPS) is 23.0. The van der Waals surface area contributed by atoms with Gasteiger partial charge in [0.15, 0.2) is 0 Å². The minimum absolute atomic E-state index is 0.0132. The number of hydrogen-bond donors (Lipinski definition) is 2. The number of rotatable bonds is 3. The molecule has 1 fully saturated rings. The van der Waals surface area contributed by atoms with Crippen molar-refractivity contribution in [2.45, 2.75) is 25.0 Å². The van der Waals surface area contributed by atoms with Crippen LogP contribution in [0.4, 0.5) is 5.69 Å². The second-order valence-electron chi connectivity index (χ2n) is 4.89. The number of fused-ring (bicyclic) bond motifs is 1. The lowest BCUT2D eigenvalue weighted by Crippen LogP contribution is -2.25. The molecule has 2 heterocycles. The second kappa shape index (κ2) is 5.19. The highest BCUT2D eigenvalue weighted by Crippen LogP contribution is 2.34. The van der Waals surface area contributed by atoms with Crippen molar-refractivity contribution in [3.8, 4) is 5.75 Å². The molecule has 0 radical (unpaired) electrons. The van der Waals surface area contributed by atoms with E-state index in [0.29, 0.717) is 0 Å². The second-order valence-corrected chi connectivity index (χ2v) is 4.89. The first kappa shape index (κ1) is 12.4. The third kappa shape index (κ3) is 2.43. The summed E-state index contributed by atoms with van der Waals surface area (Å²) < 4.78 is 11.2. The van der Waals surface area contributed by atoms with Gasteiger partial charge in [-0.2, -0.15) is 0 Å². The van der Waals surface area contributed by atoms with Crippen LogP contribution in [0.1, 0.15) is 24.4 Å². The van der Waals surface area contributed by atoms with Crippen LogP contribution in [0.25, 0.3) is 0 Å². The average Bonchev–Trinajstić information content (AvgIpc) is 2.74. The van der Waals surface area contributed by atoms with E-state index in [9.17, 15) is 4.79 Å². The maximum Gasteiger partial charge on any atom is 0.246 e. The molecule has 2 aliphatic rings. The Morgan fingerprint density at radius 2 is 2.16 bits per heavy atom. The molecule has 5 heteroatoms. The highest BCUT2D eigenvalue weighted by molar-refractivity contribution is 6.02. The SMILES string of the molecule is CNC1C(=O)Nc2cc(OC3CCOCC3)ccc21. The lowest BCUT2D eigenvalue weighted by molar-refractivity contribution is -0.117. The highest BCUT2D eigenvalue weighted by atomic mass is 16.5. The number of amides is 1. The molecule has 102 valence electrons. The van der Waals surface area contributed by atoms with Gasteiger partial charge in [-0.15, -0.1) is 0 Å². The molecule has 5 nitrogen and oxygen atoms in total. The van der Waals surface area contributed by atoms with E-state index in [-0.39, 0.29) is 18.1 Å². The molecule has 2 aliphatic heterocycles. The van der Waals surface area contributed by atoms with Crippen molar-refractivity contribution in [3.05, 3.63) is 23.8 Å². The standard InChI is InChI=1S/C14H18N2O3/c1-15-13-11-3-2-10(8-12(11)16-14(13)17)19-9-4-6-18-7-5-9/h2-3,8-9,13,15H,4-7H2,1H3,(H,16,17). The average molecular weight is 262 g/mol. The smallest absolute Gasteiger partial charge is 0.246 e.